The summed E-state index contributed by atoms with van der Waals surface area (Å²) in [5, 5.41) is 10.6. The molecule has 0 radical (unpaired) electrons. The Kier molecular flexibility index (Phi) is 5.64. The molecule has 0 spiro atoms. The van der Waals surface area contributed by atoms with Gasteiger partial charge in [-0.2, -0.15) is 13.2 Å². The van der Waals surface area contributed by atoms with Crippen molar-refractivity contribution in [3.63, 3.8) is 0 Å². The number of halogens is 3. The van der Waals surface area contributed by atoms with Gasteiger partial charge in [-0.15, -0.1) is 0 Å². The predicted molar refractivity (Wildman–Crippen MR) is 106 cm³/mol. The van der Waals surface area contributed by atoms with E-state index in [0.29, 0.717) is 4.57 Å². The third kappa shape index (κ3) is 4.19. The number of aromatic hydroxyl groups is 1. The first kappa shape index (κ1) is 21.1. The fourth-order valence-corrected chi connectivity index (χ4v) is 3.08. The van der Waals surface area contributed by atoms with E-state index in [-0.39, 0.29) is 17.8 Å². The molecule has 30 heavy (non-hydrogen) atoms. The van der Waals surface area contributed by atoms with E-state index in [2.05, 4.69) is 4.99 Å². The van der Waals surface area contributed by atoms with Gasteiger partial charge in [-0.1, -0.05) is 42.0 Å². The Morgan fingerprint density at radius 2 is 1.83 bits per heavy atom. The van der Waals surface area contributed by atoms with Crippen molar-refractivity contribution in [2.24, 2.45) is 4.99 Å². The minimum Gasteiger partial charge on any atom is -0.493 e. The van der Waals surface area contributed by atoms with Crippen molar-refractivity contribution in [2.75, 3.05) is 0 Å². The standard InChI is InChI=1S/C21H18F3N3O3/c1-12-6-5-7-14(10-12)11-25-13(2)17-18(28)26-20(30)27(19(17)29)16-9-4-3-8-15(16)21(22,23)24/h3-10,29H,11H2,1-2H3,(H,26,28,30). The number of aliphatic imine (C=N–C) groups is 1. The fraction of sp³-hybridized carbons (Fsp3) is 0.190. The molecule has 3 rings (SSSR count). The molecule has 2 N–H and O–H groups in total. The molecule has 3 aromatic rings. The molecule has 156 valence electrons. The maximum atomic E-state index is 13.4. The van der Waals surface area contributed by atoms with E-state index in [9.17, 15) is 27.9 Å². The molecule has 1 aromatic heterocycles. The van der Waals surface area contributed by atoms with Crippen LogP contribution in [0.2, 0.25) is 0 Å². The number of para-hydroxylation sites is 1. The van der Waals surface area contributed by atoms with Crippen molar-refractivity contribution in [3.8, 4) is 11.6 Å². The highest BCUT2D eigenvalue weighted by molar-refractivity contribution is 6.00. The molecular weight excluding hydrogens is 399 g/mol. The van der Waals surface area contributed by atoms with Gasteiger partial charge in [0, 0.05) is 0 Å². The monoisotopic (exact) mass is 417 g/mol. The molecule has 0 bridgehead atoms. The molecule has 0 aliphatic rings. The Balaban J connectivity index is 2.15. The Hall–Kier alpha value is -3.62. The van der Waals surface area contributed by atoms with Crippen molar-refractivity contribution in [1.29, 1.82) is 0 Å². The van der Waals surface area contributed by atoms with Crippen molar-refractivity contribution in [1.82, 2.24) is 9.55 Å². The molecule has 6 nitrogen and oxygen atoms in total. The van der Waals surface area contributed by atoms with E-state index in [1.54, 1.807) is 0 Å². The van der Waals surface area contributed by atoms with Gasteiger partial charge >= 0.3 is 11.9 Å². The van der Waals surface area contributed by atoms with E-state index in [0.717, 1.165) is 29.3 Å². The summed E-state index contributed by atoms with van der Waals surface area (Å²) < 4.78 is 40.6. The highest BCUT2D eigenvalue weighted by Crippen LogP contribution is 2.34. The highest BCUT2D eigenvalue weighted by Gasteiger charge is 2.35. The minimum atomic E-state index is -4.77. The molecular formula is C21H18F3N3O3. The number of aromatic nitrogens is 2. The molecule has 0 unspecified atom stereocenters. The summed E-state index contributed by atoms with van der Waals surface area (Å²) >= 11 is 0. The first-order chi connectivity index (χ1) is 14.1. The Morgan fingerprint density at radius 3 is 2.50 bits per heavy atom. The Labute approximate surface area is 169 Å². The summed E-state index contributed by atoms with van der Waals surface area (Å²) in [4.78, 5) is 30.8. The summed E-state index contributed by atoms with van der Waals surface area (Å²) in [6, 6.07) is 11.7. The number of alkyl halides is 3. The number of benzene rings is 2. The van der Waals surface area contributed by atoms with Gasteiger partial charge in [0.25, 0.3) is 5.56 Å². The van der Waals surface area contributed by atoms with Crippen LogP contribution in [0.3, 0.4) is 0 Å². The smallest absolute Gasteiger partial charge is 0.418 e. The fourth-order valence-electron chi connectivity index (χ4n) is 3.08. The number of hydrogen-bond acceptors (Lipinski definition) is 4. The molecule has 0 atom stereocenters. The summed E-state index contributed by atoms with van der Waals surface area (Å²) in [5.41, 5.74) is -2.30. The van der Waals surface area contributed by atoms with E-state index in [1.165, 1.54) is 13.0 Å². The zero-order valence-corrected chi connectivity index (χ0v) is 16.1. The van der Waals surface area contributed by atoms with Gasteiger partial charge in [-0.25, -0.2) is 9.36 Å². The lowest BCUT2D eigenvalue weighted by molar-refractivity contribution is -0.137. The molecule has 0 fully saturated rings. The molecule has 0 aliphatic heterocycles. The third-order valence-electron chi connectivity index (χ3n) is 4.48. The molecule has 0 saturated heterocycles. The number of aryl methyl sites for hydroxylation is 1. The van der Waals surface area contributed by atoms with Gasteiger partial charge in [0.1, 0.15) is 5.56 Å². The van der Waals surface area contributed by atoms with Gasteiger partial charge in [0.2, 0.25) is 5.88 Å². The molecule has 1 heterocycles. The van der Waals surface area contributed by atoms with Crippen LogP contribution in [0.25, 0.3) is 5.69 Å². The predicted octanol–water partition coefficient (Wildman–Crippen LogP) is 3.57. The van der Waals surface area contributed by atoms with Crippen LogP contribution in [0.5, 0.6) is 5.88 Å². The lowest BCUT2D eigenvalue weighted by atomic mass is 10.1. The van der Waals surface area contributed by atoms with Crippen LogP contribution in [0.15, 0.2) is 63.1 Å². The number of aromatic amines is 1. The van der Waals surface area contributed by atoms with Crippen molar-refractivity contribution < 1.29 is 18.3 Å². The second kappa shape index (κ2) is 8.02. The number of nitrogens with zero attached hydrogens (tertiary/aromatic N) is 2. The van der Waals surface area contributed by atoms with Crippen molar-refractivity contribution in [2.45, 2.75) is 26.6 Å². The van der Waals surface area contributed by atoms with Crippen LogP contribution < -0.4 is 11.2 Å². The van der Waals surface area contributed by atoms with E-state index in [1.807, 2.05) is 36.2 Å². The number of hydrogen-bond donors (Lipinski definition) is 2. The van der Waals surface area contributed by atoms with Crippen molar-refractivity contribution in [3.05, 3.63) is 91.6 Å². The van der Waals surface area contributed by atoms with Crippen molar-refractivity contribution >= 4 is 5.71 Å². The highest BCUT2D eigenvalue weighted by atomic mass is 19.4. The largest absolute Gasteiger partial charge is 0.493 e. The first-order valence-corrected chi connectivity index (χ1v) is 8.91. The summed E-state index contributed by atoms with van der Waals surface area (Å²) in [6.07, 6.45) is -4.77. The average Bonchev–Trinajstić information content (AvgIpc) is 2.65. The van der Waals surface area contributed by atoms with Crippen LogP contribution in [0.4, 0.5) is 13.2 Å². The topological polar surface area (TPSA) is 87.4 Å². The lowest BCUT2D eigenvalue weighted by Gasteiger charge is -2.16. The zero-order chi connectivity index (χ0) is 22.1. The van der Waals surface area contributed by atoms with E-state index >= 15 is 0 Å². The third-order valence-corrected chi connectivity index (χ3v) is 4.48. The molecule has 2 aromatic carbocycles. The Bertz CT molecular complexity index is 1240. The average molecular weight is 417 g/mol. The second-order valence-electron chi connectivity index (χ2n) is 6.70. The van der Waals surface area contributed by atoms with Gasteiger partial charge in [0.15, 0.2) is 0 Å². The van der Waals surface area contributed by atoms with Crippen LogP contribution >= 0.6 is 0 Å². The minimum absolute atomic E-state index is 0.0773. The maximum absolute atomic E-state index is 13.4. The lowest BCUT2D eigenvalue weighted by Crippen LogP contribution is -2.33. The number of H-pyrrole nitrogens is 1. The summed E-state index contributed by atoms with van der Waals surface area (Å²) in [6.45, 7) is 3.53. The maximum Gasteiger partial charge on any atom is 0.418 e. The Morgan fingerprint density at radius 1 is 1.13 bits per heavy atom. The first-order valence-electron chi connectivity index (χ1n) is 8.91. The molecule has 0 amide bonds. The normalized spacial score (nSPS) is 12.2. The van der Waals surface area contributed by atoms with Crippen LogP contribution in [0, 0.1) is 6.92 Å². The van der Waals surface area contributed by atoms with Crippen LogP contribution in [0.1, 0.15) is 29.2 Å². The molecule has 0 aliphatic carbocycles. The molecule has 9 heteroatoms. The van der Waals surface area contributed by atoms with E-state index in [4.69, 9.17) is 0 Å². The quantitative estimate of drug-likeness (QED) is 0.637. The van der Waals surface area contributed by atoms with Crippen LogP contribution in [-0.4, -0.2) is 20.4 Å². The van der Waals surface area contributed by atoms with Gasteiger partial charge < -0.3 is 5.11 Å². The van der Waals surface area contributed by atoms with Crippen LogP contribution in [-0.2, 0) is 12.7 Å². The zero-order valence-electron chi connectivity index (χ0n) is 16.1. The molecule has 0 saturated carbocycles. The van der Waals surface area contributed by atoms with Gasteiger partial charge in [-0.05, 0) is 31.5 Å². The number of nitrogens with one attached hydrogen (secondary N) is 1. The summed E-state index contributed by atoms with van der Waals surface area (Å²) in [7, 11) is 0. The van der Waals surface area contributed by atoms with Gasteiger partial charge in [-0.3, -0.25) is 14.8 Å². The van der Waals surface area contributed by atoms with Gasteiger partial charge in [0.05, 0.1) is 23.5 Å². The SMILES string of the molecule is CC(=NCc1cccc(C)c1)c1c(O)n(-c2ccccc2C(F)(F)F)c(=O)[nH]c1=O. The second-order valence-corrected chi connectivity index (χ2v) is 6.70. The van der Waals surface area contributed by atoms with E-state index < -0.39 is 34.6 Å². The summed E-state index contributed by atoms with van der Waals surface area (Å²) in [5.74, 6) is -0.911. The number of rotatable bonds is 4.